The number of epoxide rings is 1. The first kappa shape index (κ1) is 22.2. The van der Waals surface area contributed by atoms with Gasteiger partial charge in [-0.1, -0.05) is 49.6 Å². The molecule has 0 saturated carbocycles. The van der Waals surface area contributed by atoms with Gasteiger partial charge in [-0.2, -0.15) is 0 Å². The Kier molecular flexibility index (Phi) is 7.22. The third-order valence-electron chi connectivity index (χ3n) is 6.78. The van der Waals surface area contributed by atoms with Gasteiger partial charge >= 0.3 is 5.97 Å². The number of aliphatic carboxylic acids is 1. The number of carboxylic acid groups (broad SMARTS) is 1. The fourth-order valence-corrected chi connectivity index (χ4v) is 5.14. The summed E-state index contributed by atoms with van der Waals surface area (Å²) in [4.78, 5) is 23.0. The van der Waals surface area contributed by atoms with E-state index in [9.17, 15) is 9.59 Å². The van der Waals surface area contributed by atoms with Crippen LogP contribution in [0.4, 0.5) is 0 Å². The fraction of sp³-hybridized carbons (Fsp3) is 0.652. The minimum atomic E-state index is -0.727. The lowest BCUT2D eigenvalue weighted by atomic mass is 9.76. The van der Waals surface area contributed by atoms with E-state index in [1.165, 1.54) is 0 Å². The highest BCUT2D eigenvalue weighted by Gasteiger charge is 2.68. The molecule has 2 bridgehead atoms. The smallest absolute Gasteiger partial charge is 0.303 e. The number of unbranched alkanes of at least 4 members (excludes halogenated alkanes) is 3. The standard InChI is InChI=1S/C23H33N3O5/c24-17(12-14-8-4-3-5-9-14)23(29)26-25-13-16-15(10-6-1-2-7-11-18(27)28)19-21-22(31-21)20(16)30-19/h3-5,8-9,15-17,19-22,25H,1-2,6-7,10-13,24H2,(H,26,29)(H,27,28)/t15?,16?,17-,19?,20?,21?,22?/m0/s1. The minimum Gasteiger partial charge on any atom is -0.481 e. The molecule has 0 aliphatic carbocycles. The average molecular weight is 432 g/mol. The summed E-state index contributed by atoms with van der Waals surface area (Å²) in [6.45, 7) is 0.626. The second-order valence-electron chi connectivity index (χ2n) is 8.97. The van der Waals surface area contributed by atoms with Gasteiger partial charge in [-0.05, 0) is 30.7 Å². The monoisotopic (exact) mass is 431 g/mol. The molecule has 1 aromatic carbocycles. The quantitative estimate of drug-likeness (QED) is 0.211. The van der Waals surface area contributed by atoms with Crippen LogP contribution in [0.5, 0.6) is 0 Å². The van der Waals surface area contributed by atoms with Gasteiger partial charge in [-0.15, -0.1) is 0 Å². The van der Waals surface area contributed by atoms with E-state index in [4.69, 9.17) is 20.3 Å². The molecule has 5 N–H and O–H groups in total. The largest absolute Gasteiger partial charge is 0.481 e. The Bertz CT molecular complexity index is 761. The van der Waals surface area contributed by atoms with Crippen molar-refractivity contribution in [1.29, 1.82) is 0 Å². The molecule has 1 amide bonds. The number of fused-ring (bicyclic) bond motifs is 5. The number of rotatable bonds is 13. The van der Waals surface area contributed by atoms with Crippen molar-refractivity contribution in [1.82, 2.24) is 10.9 Å². The number of hydrazine groups is 1. The average Bonchev–Trinajstić information content (AvgIpc) is 3.38. The van der Waals surface area contributed by atoms with E-state index >= 15 is 0 Å². The maximum absolute atomic E-state index is 12.4. The van der Waals surface area contributed by atoms with Crippen LogP contribution in [0.2, 0.25) is 0 Å². The molecule has 8 nitrogen and oxygen atoms in total. The molecular weight excluding hydrogens is 398 g/mol. The summed E-state index contributed by atoms with van der Waals surface area (Å²) in [5, 5.41) is 8.74. The molecule has 170 valence electrons. The predicted octanol–water partition coefficient (Wildman–Crippen LogP) is 1.38. The Morgan fingerprint density at radius 2 is 1.65 bits per heavy atom. The number of amides is 1. The van der Waals surface area contributed by atoms with E-state index < -0.39 is 12.0 Å². The van der Waals surface area contributed by atoms with Gasteiger partial charge in [0.25, 0.3) is 5.91 Å². The normalized spacial score (nSPS) is 31.3. The number of carboxylic acids is 1. The van der Waals surface area contributed by atoms with Crippen molar-refractivity contribution >= 4 is 11.9 Å². The van der Waals surface area contributed by atoms with E-state index in [2.05, 4.69) is 10.9 Å². The molecule has 3 aliphatic heterocycles. The van der Waals surface area contributed by atoms with Crippen molar-refractivity contribution < 1.29 is 24.2 Å². The van der Waals surface area contributed by atoms with Crippen molar-refractivity contribution in [3.05, 3.63) is 35.9 Å². The summed E-state index contributed by atoms with van der Waals surface area (Å²) < 4.78 is 12.0. The van der Waals surface area contributed by atoms with Gasteiger partial charge in [0.2, 0.25) is 0 Å². The fourth-order valence-electron chi connectivity index (χ4n) is 5.14. The van der Waals surface area contributed by atoms with Gasteiger partial charge in [-0.25, -0.2) is 5.43 Å². The first-order valence-corrected chi connectivity index (χ1v) is 11.4. The minimum absolute atomic E-state index is 0.0920. The molecule has 3 heterocycles. The predicted molar refractivity (Wildman–Crippen MR) is 114 cm³/mol. The molecule has 8 heteroatoms. The second kappa shape index (κ2) is 10.1. The van der Waals surface area contributed by atoms with E-state index in [0.717, 1.165) is 37.7 Å². The zero-order valence-corrected chi connectivity index (χ0v) is 17.7. The lowest BCUT2D eigenvalue weighted by Gasteiger charge is -2.26. The summed E-state index contributed by atoms with van der Waals surface area (Å²) in [7, 11) is 0. The molecule has 31 heavy (non-hydrogen) atoms. The topological polar surface area (TPSA) is 126 Å². The number of ether oxygens (including phenoxy) is 2. The van der Waals surface area contributed by atoms with Gasteiger partial charge < -0.3 is 20.3 Å². The Morgan fingerprint density at radius 3 is 2.39 bits per heavy atom. The first-order valence-electron chi connectivity index (χ1n) is 11.4. The number of hydrogen-bond donors (Lipinski definition) is 4. The molecule has 4 rings (SSSR count). The van der Waals surface area contributed by atoms with Crippen LogP contribution in [0.25, 0.3) is 0 Å². The van der Waals surface area contributed by atoms with Crippen LogP contribution in [0.3, 0.4) is 0 Å². The van der Waals surface area contributed by atoms with Crippen LogP contribution in [0.15, 0.2) is 30.3 Å². The third-order valence-corrected chi connectivity index (χ3v) is 6.78. The van der Waals surface area contributed by atoms with Gasteiger partial charge in [0.1, 0.15) is 12.2 Å². The Balaban J connectivity index is 1.19. The highest BCUT2D eigenvalue weighted by Crippen LogP contribution is 2.54. The van der Waals surface area contributed by atoms with Gasteiger partial charge in [-0.3, -0.25) is 15.0 Å². The highest BCUT2D eigenvalue weighted by atomic mass is 16.7. The molecule has 0 spiro atoms. The molecule has 3 saturated heterocycles. The lowest BCUT2D eigenvalue weighted by Crippen LogP contribution is -2.51. The van der Waals surface area contributed by atoms with Crippen molar-refractivity contribution in [3.8, 4) is 0 Å². The molecule has 1 aromatic rings. The third kappa shape index (κ3) is 5.44. The van der Waals surface area contributed by atoms with E-state index in [0.29, 0.717) is 24.8 Å². The maximum atomic E-state index is 12.4. The van der Waals surface area contributed by atoms with Crippen molar-refractivity contribution in [2.24, 2.45) is 17.6 Å². The van der Waals surface area contributed by atoms with E-state index in [-0.39, 0.29) is 36.7 Å². The zero-order valence-electron chi connectivity index (χ0n) is 17.7. The molecule has 0 aromatic heterocycles. The summed E-state index contributed by atoms with van der Waals surface area (Å²) in [5.41, 5.74) is 12.9. The number of carbonyl (C=O) groups is 2. The highest BCUT2D eigenvalue weighted by molar-refractivity contribution is 5.81. The van der Waals surface area contributed by atoms with Crippen molar-refractivity contribution in [3.63, 3.8) is 0 Å². The van der Waals surface area contributed by atoms with Crippen LogP contribution in [0.1, 0.15) is 44.1 Å². The van der Waals surface area contributed by atoms with Crippen LogP contribution in [-0.2, 0) is 25.5 Å². The summed E-state index contributed by atoms with van der Waals surface area (Å²) >= 11 is 0. The summed E-state index contributed by atoms with van der Waals surface area (Å²) in [6.07, 6.45) is 6.22. The Morgan fingerprint density at radius 1 is 0.968 bits per heavy atom. The zero-order chi connectivity index (χ0) is 21.8. The van der Waals surface area contributed by atoms with Crippen LogP contribution in [-0.4, -0.2) is 54.0 Å². The Hall–Kier alpha value is -2.00. The molecule has 6 unspecified atom stereocenters. The lowest BCUT2D eigenvalue weighted by molar-refractivity contribution is -0.137. The molecule has 7 atom stereocenters. The molecule has 3 fully saturated rings. The van der Waals surface area contributed by atoms with Crippen molar-refractivity contribution in [2.75, 3.05) is 6.54 Å². The SMILES string of the molecule is N[C@@H](Cc1ccccc1)C(=O)NNCC1C(CCCCCCC(=O)O)C2OC1C1OC21. The number of benzene rings is 1. The van der Waals surface area contributed by atoms with E-state index in [1.54, 1.807) is 0 Å². The van der Waals surface area contributed by atoms with Crippen LogP contribution >= 0.6 is 0 Å². The van der Waals surface area contributed by atoms with Crippen molar-refractivity contribution in [2.45, 2.75) is 75.4 Å². The van der Waals surface area contributed by atoms with E-state index in [1.807, 2.05) is 30.3 Å². The van der Waals surface area contributed by atoms with Crippen LogP contribution < -0.4 is 16.6 Å². The number of hydrogen-bond acceptors (Lipinski definition) is 6. The Labute approximate surface area is 182 Å². The van der Waals surface area contributed by atoms with Gasteiger partial charge in [0.15, 0.2) is 0 Å². The number of nitrogens with two attached hydrogens (primary N) is 1. The summed E-state index contributed by atoms with van der Waals surface area (Å²) in [6, 6.07) is 9.13. The van der Waals surface area contributed by atoms with Gasteiger partial charge in [0, 0.05) is 18.9 Å². The second-order valence-corrected chi connectivity index (χ2v) is 8.97. The number of nitrogens with one attached hydrogen (secondary N) is 2. The molecule has 0 radical (unpaired) electrons. The first-order chi connectivity index (χ1) is 15.0. The van der Waals surface area contributed by atoms with Gasteiger partial charge in [0.05, 0.1) is 18.2 Å². The maximum Gasteiger partial charge on any atom is 0.303 e. The number of carbonyl (C=O) groups excluding carboxylic acids is 1. The van der Waals surface area contributed by atoms with Crippen LogP contribution in [0, 0.1) is 11.8 Å². The molecular formula is C23H33N3O5. The molecule has 3 aliphatic rings. The summed E-state index contributed by atoms with van der Waals surface area (Å²) in [5.74, 6) is -0.257.